The predicted octanol–water partition coefficient (Wildman–Crippen LogP) is 3.46. The maximum atomic E-state index is 5.59. The second-order valence-electron chi connectivity index (χ2n) is 4.70. The Bertz CT molecular complexity index is 276. The lowest BCUT2D eigenvalue weighted by Gasteiger charge is -2.24. The summed E-state index contributed by atoms with van der Waals surface area (Å²) in [5.41, 5.74) is 4.24. The summed E-state index contributed by atoms with van der Waals surface area (Å²) in [6.07, 6.45) is 1.01. The Labute approximate surface area is 92.6 Å². The Balaban J connectivity index is 2.58. The van der Waals surface area contributed by atoms with E-state index in [0.717, 1.165) is 6.42 Å². The minimum Gasteiger partial charge on any atom is -0.296 e. The summed E-state index contributed by atoms with van der Waals surface area (Å²) in [6, 6.07) is 10.6. The van der Waals surface area contributed by atoms with Gasteiger partial charge in [0.05, 0.1) is 11.6 Å². The van der Waals surface area contributed by atoms with Gasteiger partial charge >= 0.3 is 0 Å². The Morgan fingerprint density at radius 2 is 1.80 bits per heavy atom. The van der Waals surface area contributed by atoms with Gasteiger partial charge in [-0.1, -0.05) is 37.3 Å². The van der Waals surface area contributed by atoms with Crippen LogP contribution in [0.25, 0.3) is 0 Å². The molecule has 0 spiro atoms. The summed E-state index contributed by atoms with van der Waals surface area (Å²) in [5, 5.41) is 0. The Kier molecular flexibility index (Phi) is 4.30. The molecule has 1 N–H and O–H groups in total. The Morgan fingerprint density at radius 1 is 1.20 bits per heavy atom. The molecule has 0 heterocycles. The molecule has 2 nitrogen and oxygen atoms in total. The van der Waals surface area contributed by atoms with Gasteiger partial charge in [0.1, 0.15) is 0 Å². The second kappa shape index (κ2) is 5.29. The van der Waals surface area contributed by atoms with Crippen molar-refractivity contribution in [1.82, 2.24) is 5.48 Å². The van der Waals surface area contributed by atoms with Crippen LogP contribution < -0.4 is 5.48 Å². The number of nitrogens with one attached hydrogen (secondary N) is 1. The fourth-order valence-corrected chi connectivity index (χ4v) is 1.32. The molecule has 0 radical (unpaired) electrons. The van der Waals surface area contributed by atoms with Crippen LogP contribution in [0.4, 0.5) is 0 Å². The summed E-state index contributed by atoms with van der Waals surface area (Å²) in [6.45, 7) is 8.27. The molecule has 15 heavy (non-hydrogen) atoms. The monoisotopic (exact) mass is 207 g/mol. The number of hydroxylamine groups is 1. The molecule has 1 atom stereocenters. The molecule has 2 heteroatoms. The molecule has 1 rings (SSSR count). The van der Waals surface area contributed by atoms with Gasteiger partial charge in [-0.2, -0.15) is 5.48 Å². The predicted molar refractivity (Wildman–Crippen MR) is 63.4 cm³/mol. The summed E-state index contributed by atoms with van der Waals surface area (Å²) in [4.78, 5) is 5.59. The van der Waals surface area contributed by atoms with Crippen molar-refractivity contribution in [2.24, 2.45) is 0 Å². The second-order valence-corrected chi connectivity index (χ2v) is 4.70. The highest BCUT2D eigenvalue weighted by atomic mass is 16.7. The van der Waals surface area contributed by atoms with Gasteiger partial charge in [0.15, 0.2) is 0 Å². The zero-order valence-electron chi connectivity index (χ0n) is 10.1. The van der Waals surface area contributed by atoms with Crippen LogP contribution in [0.2, 0.25) is 0 Å². The van der Waals surface area contributed by atoms with E-state index in [1.54, 1.807) is 0 Å². The molecule has 0 saturated carbocycles. The van der Waals surface area contributed by atoms with Gasteiger partial charge in [-0.05, 0) is 32.8 Å². The van der Waals surface area contributed by atoms with Gasteiger partial charge in [0, 0.05) is 0 Å². The summed E-state index contributed by atoms with van der Waals surface area (Å²) >= 11 is 0. The highest BCUT2D eigenvalue weighted by Gasteiger charge is 2.14. The van der Waals surface area contributed by atoms with Gasteiger partial charge in [-0.15, -0.1) is 0 Å². The van der Waals surface area contributed by atoms with Crippen molar-refractivity contribution in [1.29, 1.82) is 0 Å². The molecule has 0 saturated heterocycles. The highest BCUT2D eigenvalue weighted by molar-refractivity contribution is 5.18. The maximum absolute atomic E-state index is 5.59. The molecule has 1 aromatic carbocycles. The van der Waals surface area contributed by atoms with E-state index >= 15 is 0 Å². The van der Waals surface area contributed by atoms with Crippen molar-refractivity contribution in [2.75, 3.05) is 0 Å². The van der Waals surface area contributed by atoms with Crippen LogP contribution in [0.1, 0.15) is 45.7 Å². The van der Waals surface area contributed by atoms with Crippen molar-refractivity contribution >= 4 is 0 Å². The van der Waals surface area contributed by atoms with Crippen LogP contribution in [0.15, 0.2) is 30.3 Å². The van der Waals surface area contributed by atoms with Crippen LogP contribution in [0.5, 0.6) is 0 Å². The van der Waals surface area contributed by atoms with Gasteiger partial charge in [-0.25, -0.2) is 0 Å². The normalized spacial score (nSPS) is 13.9. The number of rotatable bonds is 4. The molecule has 84 valence electrons. The lowest BCUT2D eigenvalue weighted by Crippen LogP contribution is -2.31. The zero-order chi connectivity index (χ0) is 11.3. The van der Waals surface area contributed by atoms with Gasteiger partial charge in [-0.3, -0.25) is 4.84 Å². The van der Waals surface area contributed by atoms with Crippen LogP contribution in [0.3, 0.4) is 0 Å². The molecular weight excluding hydrogens is 186 g/mol. The van der Waals surface area contributed by atoms with E-state index in [0.29, 0.717) is 0 Å². The molecular formula is C13H21NO. The van der Waals surface area contributed by atoms with Crippen LogP contribution in [-0.4, -0.2) is 5.60 Å². The first-order valence-electron chi connectivity index (χ1n) is 5.51. The average molecular weight is 207 g/mol. The lowest BCUT2D eigenvalue weighted by atomic mass is 10.1. The molecule has 1 aromatic rings. The van der Waals surface area contributed by atoms with Crippen LogP contribution in [-0.2, 0) is 4.84 Å². The molecule has 0 fully saturated rings. The average Bonchev–Trinajstić information content (AvgIpc) is 2.19. The quantitative estimate of drug-likeness (QED) is 0.763. The zero-order valence-corrected chi connectivity index (χ0v) is 10.1. The van der Waals surface area contributed by atoms with Gasteiger partial charge < -0.3 is 0 Å². The maximum Gasteiger partial charge on any atom is 0.0813 e. The van der Waals surface area contributed by atoms with E-state index in [1.165, 1.54) is 5.56 Å². The largest absolute Gasteiger partial charge is 0.296 e. The molecule has 0 aliphatic carbocycles. The lowest BCUT2D eigenvalue weighted by molar-refractivity contribution is -0.0896. The molecule has 0 bridgehead atoms. The topological polar surface area (TPSA) is 21.3 Å². The van der Waals surface area contributed by atoms with Crippen LogP contribution in [0, 0.1) is 0 Å². The SMILES string of the molecule is CCC(NOC(C)(C)C)c1ccccc1. The summed E-state index contributed by atoms with van der Waals surface area (Å²) in [7, 11) is 0. The first-order chi connectivity index (χ1) is 7.03. The van der Waals surface area contributed by atoms with E-state index in [9.17, 15) is 0 Å². The highest BCUT2D eigenvalue weighted by Crippen LogP contribution is 2.17. The number of hydrogen-bond acceptors (Lipinski definition) is 2. The van der Waals surface area contributed by atoms with E-state index in [-0.39, 0.29) is 11.6 Å². The third-order valence-electron chi connectivity index (χ3n) is 2.12. The Hall–Kier alpha value is -0.860. The van der Waals surface area contributed by atoms with E-state index in [2.05, 4.69) is 36.7 Å². The summed E-state index contributed by atoms with van der Waals surface area (Å²) < 4.78 is 0. The van der Waals surface area contributed by atoms with E-state index in [1.807, 2.05) is 26.8 Å². The van der Waals surface area contributed by atoms with Crippen molar-refractivity contribution in [2.45, 2.75) is 45.8 Å². The van der Waals surface area contributed by atoms with Crippen LogP contribution >= 0.6 is 0 Å². The van der Waals surface area contributed by atoms with Gasteiger partial charge in [0.25, 0.3) is 0 Å². The molecule has 0 aliphatic heterocycles. The minimum atomic E-state index is -0.151. The molecule has 0 aliphatic rings. The number of hydrogen-bond donors (Lipinski definition) is 1. The third kappa shape index (κ3) is 4.45. The fourth-order valence-electron chi connectivity index (χ4n) is 1.32. The third-order valence-corrected chi connectivity index (χ3v) is 2.12. The first kappa shape index (κ1) is 12.2. The van der Waals surface area contributed by atoms with Gasteiger partial charge in [0.2, 0.25) is 0 Å². The molecule has 1 unspecified atom stereocenters. The Morgan fingerprint density at radius 3 is 2.27 bits per heavy atom. The van der Waals surface area contributed by atoms with Crippen molar-refractivity contribution in [3.8, 4) is 0 Å². The fraction of sp³-hybridized carbons (Fsp3) is 0.538. The molecule has 0 amide bonds. The van der Waals surface area contributed by atoms with Crippen molar-refractivity contribution < 1.29 is 4.84 Å². The van der Waals surface area contributed by atoms with Crippen molar-refractivity contribution in [3.05, 3.63) is 35.9 Å². The number of benzene rings is 1. The summed E-state index contributed by atoms with van der Waals surface area (Å²) in [5.74, 6) is 0. The minimum absolute atomic E-state index is 0.151. The molecule has 0 aromatic heterocycles. The first-order valence-corrected chi connectivity index (χ1v) is 5.51. The van der Waals surface area contributed by atoms with E-state index in [4.69, 9.17) is 4.84 Å². The van der Waals surface area contributed by atoms with E-state index < -0.39 is 0 Å². The van der Waals surface area contributed by atoms with Crippen molar-refractivity contribution in [3.63, 3.8) is 0 Å². The smallest absolute Gasteiger partial charge is 0.0813 e. The standard InChI is InChI=1S/C13H21NO/c1-5-12(14-15-13(2,3)4)11-9-7-6-8-10-11/h6-10,12,14H,5H2,1-4H3.